The van der Waals surface area contributed by atoms with E-state index in [0.717, 1.165) is 27.4 Å². The summed E-state index contributed by atoms with van der Waals surface area (Å²) in [6.07, 6.45) is 1.87. The number of nitrogens with zero attached hydrogens (tertiary/aromatic N) is 1. The Hall–Kier alpha value is -0.140. The van der Waals surface area contributed by atoms with E-state index in [1.165, 1.54) is 0 Å². The van der Waals surface area contributed by atoms with Gasteiger partial charge in [0.2, 0.25) is 0 Å². The molecule has 92 valence electrons. The minimum absolute atomic E-state index is 0.0164. The first-order chi connectivity index (χ1) is 8.13. The lowest BCUT2D eigenvalue weighted by Gasteiger charge is -2.23. The monoisotopic (exact) mass is 409 g/mol. The molecule has 1 aromatic carbocycles. The Morgan fingerprint density at radius 1 is 1.59 bits per heavy atom. The average Bonchev–Trinajstić information content (AvgIpc) is 2.79. The molecule has 0 bridgehead atoms. The SMILES string of the molecule is O=C(c1cc(Br)ccc1I)N1CCC[C@H]1CO. The van der Waals surface area contributed by atoms with Crippen molar-refractivity contribution in [1.82, 2.24) is 4.90 Å². The Kier molecular flexibility index (Phi) is 4.43. The van der Waals surface area contributed by atoms with Gasteiger partial charge < -0.3 is 10.0 Å². The van der Waals surface area contributed by atoms with Crippen molar-refractivity contribution in [2.75, 3.05) is 13.2 Å². The second kappa shape index (κ2) is 5.67. The van der Waals surface area contributed by atoms with Gasteiger partial charge in [-0.3, -0.25) is 4.79 Å². The van der Waals surface area contributed by atoms with Crippen LogP contribution in [0.3, 0.4) is 0 Å². The van der Waals surface area contributed by atoms with E-state index >= 15 is 0 Å². The van der Waals surface area contributed by atoms with E-state index in [4.69, 9.17) is 0 Å². The van der Waals surface area contributed by atoms with E-state index in [2.05, 4.69) is 38.5 Å². The first kappa shape index (κ1) is 13.3. The molecule has 1 amide bonds. The number of carbonyl (C=O) groups excluding carboxylic acids is 1. The van der Waals surface area contributed by atoms with Crippen molar-refractivity contribution in [1.29, 1.82) is 0 Å². The molecule has 2 rings (SSSR count). The van der Waals surface area contributed by atoms with Crippen LogP contribution in [0.1, 0.15) is 23.2 Å². The fourth-order valence-electron chi connectivity index (χ4n) is 2.11. The number of halogens is 2. The summed E-state index contributed by atoms with van der Waals surface area (Å²) in [5.74, 6) is 0.0206. The zero-order valence-electron chi connectivity index (χ0n) is 9.20. The van der Waals surface area contributed by atoms with Gasteiger partial charge in [-0.2, -0.15) is 0 Å². The fraction of sp³-hybridized carbons (Fsp3) is 0.417. The van der Waals surface area contributed by atoms with E-state index in [9.17, 15) is 9.90 Å². The first-order valence-corrected chi connectivity index (χ1v) is 7.37. The van der Waals surface area contributed by atoms with E-state index in [1.807, 2.05) is 18.2 Å². The molecule has 0 radical (unpaired) electrons. The molecule has 0 aromatic heterocycles. The normalized spacial score (nSPS) is 19.7. The van der Waals surface area contributed by atoms with Crippen molar-refractivity contribution in [2.24, 2.45) is 0 Å². The van der Waals surface area contributed by atoms with Gasteiger partial charge in [-0.1, -0.05) is 15.9 Å². The van der Waals surface area contributed by atoms with Crippen molar-refractivity contribution >= 4 is 44.4 Å². The highest BCUT2D eigenvalue weighted by molar-refractivity contribution is 14.1. The molecule has 0 aliphatic carbocycles. The lowest BCUT2D eigenvalue weighted by Crippen LogP contribution is -2.37. The highest BCUT2D eigenvalue weighted by atomic mass is 127. The van der Waals surface area contributed by atoms with Gasteiger partial charge in [0.05, 0.1) is 18.2 Å². The Morgan fingerprint density at radius 3 is 3.06 bits per heavy atom. The molecule has 0 saturated carbocycles. The predicted molar refractivity (Wildman–Crippen MR) is 78.0 cm³/mol. The van der Waals surface area contributed by atoms with Crippen molar-refractivity contribution in [3.63, 3.8) is 0 Å². The van der Waals surface area contributed by atoms with Crippen LogP contribution < -0.4 is 0 Å². The van der Waals surface area contributed by atoms with Crippen molar-refractivity contribution in [2.45, 2.75) is 18.9 Å². The maximum absolute atomic E-state index is 12.4. The Morgan fingerprint density at radius 2 is 2.35 bits per heavy atom. The minimum Gasteiger partial charge on any atom is -0.394 e. The molecular weight excluding hydrogens is 397 g/mol. The number of likely N-dealkylation sites (tertiary alicyclic amines) is 1. The molecule has 1 fully saturated rings. The third kappa shape index (κ3) is 2.82. The van der Waals surface area contributed by atoms with Gasteiger partial charge in [-0.15, -0.1) is 0 Å². The topological polar surface area (TPSA) is 40.5 Å². The standard InChI is InChI=1S/C12H13BrINO2/c13-8-3-4-11(14)10(6-8)12(17)15-5-1-2-9(15)7-16/h3-4,6,9,16H,1-2,5,7H2/t9-/m0/s1. The van der Waals surface area contributed by atoms with Gasteiger partial charge in [-0.05, 0) is 53.6 Å². The lowest BCUT2D eigenvalue weighted by atomic mass is 10.2. The molecule has 0 spiro atoms. The number of hydrogen-bond donors (Lipinski definition) is 1. The number of aliphatic hydroxyl groups excluding tert-OH is 1. The molecule has 1 aliphatic rings. The Bertz CT molecular complexity index is 439. The van der Waals surface area contributed by atoms with Gasteiger partial charge in [0, 0.05) is 14.6 Å². The van der Waals surface area contributed by atoms with E-state index < -0.39 is 0 Å². The molecule has 0 unspecified atom stereocenters. The van der Waals surface area contributed by atoms with Crippen LogP contribution in [-0.2, 0) is 0 Å². The average molecular weight is 410 g/mol. The third-order valence-corrected chi connectivity index (χ3v) is 4.44. The zero-order valence-corrected chi connectivity index (χ0v) is 12.9. The Labute approximate surface area is 122 Å². The van der Waals surface area contributed by atoms with Crippen molar-refractivity contribution in [3.8, 4) is 0 Å². The van der Waals surface area contributed by atoms with Crippen LogP contribution in [0.25, 0.3) is 0 Å². The molecule has 1 N–H and O–H groups in total. The number of rotatable bonds is 2. The van der Waals surface area contributed by atoms with Crippen LogP contribution in [-0.4, -0.2) is 35.1 Å². The molecular formula is C12H13BrINO2. The van der Waals surface area contributed by atoms with Crippen LogP contribution in [0, 0.1) is 3.57 Å². The van der Waals surface area contributed by atoms with Crippen LogP contribution >= 0.6 is 38.5 Å². The molecule has 1 aliphatic heterocycles. The Balaban J connectivity index is 2.27. The summed E-state index contributed by atoms with van der Waals surface area (Å²) >= 11 is 5.55. The fourth-order valence-corrected chi connectivity index (χ4v) is 3.04. The summed E-state index contributed by atoms with van der Waals surface area (Å²) in [7, 11) is 0. The van der Waals surface area contributed by atoms with Crippen LogP contribution in [0.15, 0.2) is 22.7 Å². The quantitative estimate of drug-likeness (QED) is 0.763. The van der Waals surface area contributed by atoms with Gasteiger partial charge in [-0.25, -0.2) is 0 Å². The second-order valence-corrected chi connectivity index (χ2v) is 6.18. The van der Waals surface area contributed by atoms with Crippen molar-refractivity contribution in [3.05, 3.63) is 31.8 Å². The predicted octanol–water partition coefficient (Wildman–Crippen LogP) is 2.65. The summed E-state index contributed by atoms with van der Waals surface area (Å²) < 4.78 is 1.85. The number of amides is 1. The minimum atomic E-state index is -0.0164. The van der Waals surface area contributed by atoms with E-state index in [0.29, 0.717) is 5.56 Å². The van der Waals surface area contributed by atoms with Gasteiger partial charge in [0.1, 0.15) is 0 Å². The summed E-state index contributed by atoms with van der Waals surface area (Å²) in [5.41, 5.74) is 0.709. The smallest absolute Gasteiger partial charge is 0.255 e. The van der Waals surface area contributed by atoms with Gasteiger partial charge in [0.25, 0.3) is 5.91 Å². The number of hydrogen-bond acceptors (Lipinski definition) is 2. The van der Waals surface area contributed by atoms with Crippen LogP contribution in [0.2, 0.25) is 0 Å². The van der Waals surface area contributed by atoms with Gasteiger partial charge in [0.15, 0.2) is 0 Å². The first-order valence-electron chi connectivity index (χ1n) is 5.50. The molecule has 5 heteroatoms. The molecule has 1 aromatic rings. The number of carbonyl (C=O) groups is 1. The zero-order chi connectivity index (χ0) is 12.4. The second-order valence-electron chi connectivity index (χ2n) is 4.10. The van der Waals surface area contributed by atoms with E-state index in [-0.39, 0.29) is 18.6 Å². The van der Waals surface area contributed by atoms with E-state index in [1.54, 1.807) is 4.90 Å². The molecule has 1 heterocycles. The molecule has 1 saturated heterocycles. The molecule has 3 nitrogen and oxygen atoms in total. The lowest BCUT2D eigenvalue weighted by molar-refractivity contribution is 0.0676. The third-order valence-electron chi connectivity index (χ3n) is 3.01. The maximum atomic E-state index is 12.4. The highest BCUT2D eigenvalue weighted by Gasteiger charge is 2.29. The molecule has 1 atom stereocenters. The molecule has 17 heavy (non-hydrogen) atoms. The maximum Gasteiger partial charge on any atom is 0.255 e. The number of benzene rings is 1. The van der Waals surface area contributed by atoms with Crippen LogP contribution in [0.4, 0.5) is 0 Å². The highest BCUT2D eigenvalue weighted by Crippen LogP contribution is 2.24. The number of aliphatic hydroxyl groups is 1. The summed E-state index contributed by atoms with van der Waals surface area (Å²) in [6.45, 7) is 0.795. The van der Waals surface area contributed by atoms with Crippen molar-refractivity contribution < 1.29 is 9.90 Å². The largest absolute Gasteiger partial charge is 0.394 e. The summed E-state index contributed by atoms with van der Waals surface area (Å²) in [4.78, 5) is 14.2. The van der Waals surface area contributed by atoms with Gasteiger partial charge >= 0.3 is 0 Å². The van der Waals surface area contributed by atoms with Crippen LogP contribution in [0.5, 0.6) is 0 Å². The summed E-state index contributed by atoms with van der Waals surface area (Å²) in [5, 5.41) is 9.25. The summed E-state index contributed by atoms with van der Waals surface area (Å²) in [6, 6.07) is 5.67.